The lowest BCUT2D eigenvalue weighted by atomic mass is 9.98. The average molecular weight is 236 g/mol. The third-order valence-corrected chi connectivity index (χ3v) is 3.81. The van der Waals surface area contributed by atoms with Crippen molar-refractivity contribution >= 4 is 0 Å². The first-order chi connectivity index (χ1) is 8.33. The minimum absolute atomic E-state index is 0.289. The summed E-state index contributed by atoms with van der Waals surface area (Å²) in [6.07, 6.45) is 4.73. The van der Waals surface area contributed by atoms with Gasteiger partial charge < -0.3 is 14.7 Å². The van der Waals surface area contributed by atoms with Gasteiger partial charge in [0.1, 0.15) is 0 Å². The van der Waals surface area contributed by atoms with E-state index in [2.05, 4.69) is 27.4 Å². The Labute approximate surface area is 102 Å². The maximum absolute atomic E-state index is 5.39. The van der Waals surface area contributed by atoms with Gasteiger partial charge in [-0.1, -0.05) is 5.16 Å². The fourth-order valence-corrected chi connectivity index (χ4v) is 2.83. The molecule has 17 heavy (non-hydrogen) atoms. The number of hydrogen-bond donors (Lipinski definition) is 1. The zero-order chi connectivity index (χ0) is 11.7. The van der Waals surface area contributed by atoms with E-state index in [-0.39, 0.29) is 6.04 Å². The number of nitrogens with one attached hydrogen (secondary N) is 1. The van der Waals surface area contributed by atoms with Crippen LogP contribution in [0.1, 0.15) is 49.4 Å². The van der Waals surface area contributed by atoms with Crippen LogP contribution in [0.3, 0.4) is 0 Å². The Morgan fingerprint density at radius 3 is 3.06 bits per heavy atom. The topological polar surface area (TPSA) is 54.2 Å². The Kier molecular flexibility index (Phi) is 3.11. The van der Waals surface area contributed by atoms with Crippen LogP contribution in [0.4, 0.5) is 0 Å². The predicted molar refractivity (Wildman–Crippen MR) is 63.7 cm³/mol. The van der Waals surface area contributed by atoms with Gasteiger partial charge in [-0.05, 0) is 45.8 Å². The normalized spacial score (nSPS) is 30.9. The van der Waals surface area contributed by atoms with Gasteiger partial charge in [-0.15, -0.1) is 0 Å². The van der Waals surface area contributed by atoms with Crippen molar-refractivity contribution in [3.05, 3.63) is 11.7 Å². The first kappa shape index (κ1) is 11.2. The number of likely N-dealkylation sites (tertiary alicyclic amines) is 1. The summed E-state index contributed by atoms with van der Waals surface area (Å²) in [5, 5.41) is 7.56. The van der Waals surface area contributed by atoms with Crippen molar-refractivity contribution in [2.75, 3.05) is 26.7 Å². The molecule has 5 nitrogen and oxygen atoms in total. The van der Waals surface area contributed by atoms with E-state index in [0.717, 1.165) is 31.2 Å². The molecular formula is C12H20N4O. The quantitative estimate of drug-likeness (QED) is 0.839. The Hall–Kier alpha value is -0.940. The van der Waals surface area contributed by atoms with Crippen molar-refractivity contribution in [2.24, 2.45) is 0 Å². The minimum Gasteiger partial charge on any atom is -0.338 e. The van der Waals surface area contributed by atoms with Gasteiger partial charge in [0.05, 0.1) is 6.04 Å². The zero-order valence-electron chi connectivity index (χ0n) is 10.4. The van der Waals surface area contributed by atoms with Crippen molar-refractivity contribution < 1.29 is 4.52 Å². The zero-order valence-corrected chi connectivity index (χ0v) is 10.4. The van der Waals surface area contributed by atoms with Crippen molar-refractivity contribution in [3.8, 4) is 0 Å². The molecule has 2 unspecified atom stereocenters. The van der Waals surface area contributed by atoms with Crippen LogP contribution in [0, 0.1) is 0 Å². The molecule has 0 aromatic carbocycles. The molecule has 2 atom stereocenters. The summed E-state index contributed by atoms with van der Waals surface area (Å²) < 4.78 is 5.39. The van der Waals surface area contributed by atoms with Crippen LogP contribution in [0.15, 0.2) is 4.52 Å². The van der Waals surface area contributed by atoms with E-state index in [1.165, 1.54) is 25.8 Å². The molecule has 2 saturated heterocycles. The van der Waals surface area contributed by atoms with Crippen molar-refractivity contribution in [1.82, 2.24) is 20.4 Å². The fourth-order valence-electron chi connectivity index (χ4n) is 2.83. The molecule has 1 N–H and O–H groups in total. The molecule has 0 radical (unpaired) electrons. The van der Waals surface area contributed by atoms with Gasteiger partial charge in [0.15, 0.2) is 5.82 Å². The molecule has 0 aliphatic carbocycles. The monoisotopic (exact) mass is 236 g/mol. The second-order valence-electron chi connectivity index (χ2n) is 5.24. The van der Waals surface area contributed by atoms with E-state index in [9.17, 15) is 0 Å². The van der Waals surface area contributed by atoms with Gasteiger partial charge in [0.25, 0.3) is 0 Å². The fraction of sp³-hybridized carbons (Fsp3) is 0.833. The van der Waals surface area contributed by atoms with E-state index in [0.29, 0.717) is 5.92 Å². The summed E-state index contributed by atoms with van der Waals surface area (Å²) in [6, 6.07) is 0.289. The third kappa shape index (κ3) is 2.35. The van der Waals surface area contributed by atoms with E-state index >= 15 is 0 Å². The molecule has 1 aromatic rings. The first-order valence-electron chi connectivity index (χ1n) is 6.58. The highest BCUT2D eigenvalue weighted by Gasteiger charge is 2.27. The lowest BCUT2D eigenvalue weighted by Gasteiger charge is -2.27. The molecule has 2 fully saturated rings. The van der Waals surface area contributed by atoms with Crippen molar-refractivity contribution in [1.29, 1.82) is 0 Å². The summed E-state index contributed by atoms with van der Waals surface area (Å²) in [7, 11) is 2.16. The second kappa shape index (κ2) is 4.74. The summed E-state index contributed by atoms with van der Waals surface area (Å²) in [4.78, 5) is 6.93. The molecular weight excluding hydrogens is 216 g/mol. The van der Waals surface area contributed by atoms with Gasteiger partial charge in [-0.2, -0.15) is 4.98 Å². The Balaban J connectivity index is 1.70. The molecule has 0 bridgehead atoms. The summed E-state index contributed by atoms with van der Waals surface area (Å²) in [5.74, 6) is 2.14. The molecule has 2 aliphatic heterocycles. The molecule has 0 spiro atoms. The number of aromatic nitrogens is 2. The SMILES string of the molecule is CN1CCCC(c2noc(C3CCCN3)n2)C1. The third-order valence-electron chi connectivity index (χ3n) is 3.81. The van der Waals surface area contributed by atoms with E-state index < -0.39 is 0 Å². The maximum atomic E-state index is 5.39. The van der Waals surface area contributed by atoms with Crippen LogP contribution in [0.2, 0.25) is 0 Å². The standard InChI is InChI=1S/C12H20N4O/c1-16-7-3-4-9(8-16)11-14-12(17-15-11)10-5-2-6-13-10/h9-10,13H,2-8H2,1H3. The van der Waals surface area contributed by atoms with Crippen LogP contribution in [-0.2, 0) is 0 Å². The predicted octanol–water partition coefficient (Wildman–Crippen LogP) is 1.30. The Morgan fingerprint density at radius 2 is 2.29 bits per heavy atom. The number of piperidine rings is 1. The molecule has 5 heteroatoms. The molecule has 2 aliphatic rings. The van der Waals surface area contributed by atoms with E-state index in [1.807, 2.05) is 0 Å². The van der Waals surface area contributed by atoms with E-state index in [1.54, 1.807) is 0 Å². The lowest BCUT2D eigenvalue weighted by molar-refractivity contribution is 0.242. The van der Waals surface area contributed by atoms with Gasteiger partial charge >= 0.3 is 0 Å². The molecule has 0 amide bonds. The second-order valence-corrected chi connectivity index (χ2v) is 5.24. The molecule has 94 valence electrons. The summed E-state index contributed by atoms with van der Waals surface area (Å²) in [6.45, 7) is 3.30. The van der Waals surface area contributed by atoms with E-state index in [4.69, 9.17) is 4.52 Å². The highest BCUT2D eigenvalue weighted by molar-refractivity contribution is 5.01. The Morgan fingerprint density at radius 1 is 1.35 bits per heavy atom. The number of rotatable bonds is 2. The average Bonchev–Trinajstić information content (AvgIpc) is 3.00. The van der Waals surface area contributed by atoms with Crippen molar-refractivity contribution in [3.63, 3.8) is 0 Å². The highest BCUT2D eigenvalue weighted by atomic mass is 16.5. The summed E-state index contributed by atoms with van der Waals surface area (Å²) in [5.41, 5.74) is 0. The molecule has 3 heterocycles. The maximum Gasteiger partial charge on any atom is 0.243 e. The largest absolute Gasteiger partial charge is 0.338 e. The minimum atomic E-state index is 0.289. The van der Waals surface area contributed by atoms with Crippen LogP contribution in [0.25, 0.3) is 0 Å². The summed E-state index contributed by atoms with van der Waals surface area (Å²) >= 11 is 0. The van der Waals surface area contributed by atoms with Gasteiger partial charge in [-0.3, -0.25) is 0 Å². The number of hydrogen-bond acceptors (Lipinski definition) is 5. The Bertz CT molecular complexity index is 372. The molecule has 3 rings (SSSR count). The van der Waals surface area contributed by atoms with Crippen LogP contribution in [0.5, 0.6) is 0 Å². The van der Waals surface area contributed by atoms with Gasteiger partial charge in [0, 0.05) is 12.5 Å². The van der Waals surface area contributed by atoms with Gasteiger partial charge in [0.2, 0.25) is 5.89 Å². The van der Waals surface area contributed by atoms with Crippen LogP contribution in [-0.4, -0.2) is 41.7 Å². The van der Waals surface area contributed by atoms with Crippen LogP contribution < -0.4 is 5.32 Å². The highest BCUT2D eigenvalue weighted by Crippen LogP contribution is 2.27. The van der Waals surface area contributed by atoms with Gasteiger partial charge in [-0.25, -0.2) is 0 Å². The van der Waals surface area contributed by atoms with Crippen molar-refractivity contribution in [2.45, 2.75) is 37.6 Å². The smallest absolute Gasteiger partial charge is 0.243 e. The number of likely N-dealkylation sites (N-methyl/N-ethyl adjacent to an activating group) is 1. The first-order valence-corrected chi connectivity index (χ1v) is 6.58. The molecule has 1 aromatic heterocycles. The lowest BCUT2D eigenvalue weighted by Crippen LogP contribution is -2.31. The number of nitrogens with zero attached hydrogens (tertiary/aromatic N) is 3. The molecule has 0 saturated carbocycles. The van der Waals surface area contributed by atoms with Crippen LogP contribution >= 0.6 is 0 Å².